The van der Waals surface area contributed by atoms with Crippen LogP contribution in [0, 0.1) is 12.3 Å². The Morgan fingerprint density at radius 1 is 1.55 bits per heavy atom. The number of amides is 1. The summed E-state index contributed by atoms with van der Waals surface area (Å²) in [4.78, 5) is 20.5. The second-order valence-electron chi connectivity index (χ2n) is 1.87. The highest BCUT2D eigenvalue weighted by Gasteiger charge is 2.04. The summed E-state index contributed by atoms with van der Waals surface area (Å²) in [5, 5.41) is 10.5. The fourth-order valence-corrected chi connectivity index (χ4v) is 0.474. The first kappa shape index (κ1) is 9.50. The summed E-state index contributed by atoms with van der Waals surface area (Å²) in [6.45, 7) is 0.336. The molecule has 0 atom stereocenters. The molecule has 0 spiro atoms. The molecule has 60 valence electrons. The van der Waals surface area contributed by atoms with Gasteiger partial charge in [-0.25, -0.2) is 0 Å². The number of nitrogens with one attached hydrogen (secondary N) is 1. The Hall–Kier alpha value is -1.50. The van der Waals surface area contributed by atoms with Gasteiger partial charge in [0.2, 0.25) is 5.91 Å². The van der Waals surface area contributed by atoms with E-state index >= 15 is 0 Å². The van der Waals surface area contributed by atoms with Crippen LogP contribution in [0.4, 0.5) is 0 Å². The molecule has 0 rings (SSSR count). The van der Waals surface area contributed by atoms with Crippen molar-refractivity contribution in [1.29, 1.82) is 0 Å². The first-order valence-corrected chi connectivity index (χ1v) is 3.08. The maximum atomic E-state index is 10.6. The van der Waals surface area contributed by atoms with Crippen LogP contribution in [0.15, 0.2) is 0 Å². The Morgan fingerprint density at radius 2 is 2.18 bits per heavy atom. The van der Waals surface area contributed by atoms with E-state index in [0.717, 1.165) is 0 Å². The minimum Gasteiger partial charge on any atom is -0.481 e. The van der Waals surface area contributed by atoms with E-state index < -0.39 is 18.3 Å². The highest BCUT2D eigenvalue weighted by molar-refractivity contribution is 5.93. The predicted octanol–water partition coefficient (Wildman–Crippen LogP) is -0.399. The molecule has 0 saturated heterocycles. The average molecular weight is 155 g/mol. The molecular formula is C7H9NO3. The van der Waals surface area contributed by atoms with Gasteiger partial charge in [-0.15, -0.1) is 12.3 Å². The predicted molar refractivity (Wildman–Crippen MR) is 38.7 cm³/mol. The Labute approximate surface area is 64.6 Å². The summed E-state index contributed by atoms with van der Waals surface area (Å²) in [5.41, 5.74) is 0. The number of carboxylic acids is 1. The maximum absolute atomic E-state index is 10.6. The molecule has 4 heteroatoms. The normalized spacial score (nSPS) is 8.27. The number of terminal acetylenes is 1. The molecule has 0 aliphatic heterocycles. The van der Waals surface area contributed by atoms with Crippen molar-refractivity contribution in [3.63, 3.8) is 0 Å². The molecular weight excluding hydrogens is 146 g/mol. The van der Waals surface area contributed by atoms with Gasteiger partial charge in [0, 0.05) is 13.0 Å². The van der Waals surface area contributed by atoms with Crippen LogP contribution >= 0.6 is 0 Å². The third-order valence-electron chi connectivity index (χ3n) is 0.903. The Balaban J connectivity index is 3.39. The quantitative estimate of drug-likeness (QED) is 0.330. The van der Waals surface area contributed by atoms with E-state index in [2.05, 4.69) is 11.2 Å². The first-order valence-electron chi connectivity index (χ1n) is 3.08. The number of carboxylic acid groups (broad SMARTS) is 1. The van der Waals surface area contributed by atoms with Crippen molar-refractivity contribution in [2.45, 2.75) is 12.8 Å². The van der Waals surface area contributed by atoms with Gasteiger partial charge < -0.3 is 10.4 Å². The molecule has 0 aliphatic carbocycles. The molecule has 11 heavy (non-hydrogen) atoms. The fraction of sp³-hybridized carbons (Fsp3) is 0.429. The van der Waals surface area contributed by atoms with Gasteiger partial charge in [0.25, 0.3) is 0 Å². The molecule has 0 aromatic heterocycles. The topological polar surface area (TPSA) is 66.4 Å². The van der Waals surface area contributed by atoms with Crippen LogP contribution in [0.2, 0.25) is 0 Å². The minimum atomic E-state index is -1.14. The van der Waals surface area contributed by atoms with Crippen molar-refractivity contribution in [3.8, 4) is 12.3 Å². The lowest BCUT2D eigenvalue weighted by Gasteiger charge is -1.98. The number of rotatable bonds is 4. The van der Waals surface area contributed by atoms with Crippen LogP contribution in [0.3, 0.4) is 0 Å². The largest absolute Gasteiger partial charge is 0.481 e. The number of carbonyl (C=O) groups is 2. The monoisotopic (exact) mass is 155 g/mol. The van der Waals surface area contributed by atoms with Crippen molar-refractivity contribution in [1.82, 2.24) is 5.32 Å². The van der Waals surface area contributed by atoms with Crippen molar-refractivity contribution in [2.24, 2.45) is 0 Å². The lowest BCUT2D eigenvalue weighted by Crippen LogP contribution is -2.26. The highest BCUT2D eigenvalue weighted by atomic mass is 16.4. The van der Waals surface area contributed by atoms with Gasteiger partial charge in [0.15, 0.2) is 0 Å². The van der Waals surface area contributed by atoms with Gasteiger partial charge in [0.1, 0.15) is 6.42 Å². The zero-order valence-electron chi connectivity index (χ0n) is 5.96. The van der Waals surface area contributed by atoms with Gasteiger partial charge in [-0.3, -0.25) is 9.59 Å². The molecule has 0 heterocycles. The number of hydrogen-bond donors (Lipinski definition) is 2. The Kier molecular flexibility index (Phi) is 4.58. The van der Waals surface area contributed by atoms with E-state index in [0.29, 0.717) is 13.0 Å². The number of hydrogen-bond acceptors (Lipinski definition) is 2. The first-order chi connectivity index (χ1) is 5.16. The van der Waals surface area contributed by atoms with Gasteiger partial charge in [0.05, 0.1) is 0 Å². The lowest BCUT2D eigenvalue weighted by atomic mass is 10.4. The minimum absolute atomic E-state index is 0.336. The summed E-state index contributed by atoms with van der Waals surface area (Å²) < 4.78 is 0. The number of aliphatic carboxylic acids is 1. The van der Waals surface area contributed by atoms with Gasteiger partial charge in [-0.2, -0.15) is 0 Å². The molecule has 0 bridgehead atoms. The van der Waals surface area contributed by atoms with Crippen LogP contribution < -0.4 is 5.32 Å². The molecule has 0 aliphatic rings. The average Bonchev–Trinajstić information content (AvgIpc) is 1.86. The zero-order chi connectivity index (χ0) is 8.69. The van der Waals surface area contributed by atoms with Crippen molar-refractivity contribution in [3.05, 3.63) is 0 Å². The Bertz CT molecular complexity index is 192. The van der Waals surface area contributed by atoms with Crippen LogP contribution in [0.5, 0.6) is 0 Å². The van der Waals surface area contributed by atoms with E-state index in [1.165, 1.54) is 0 Å². The van der Waals surface area contributed by atoms with Gasteiger partial charge in [-0.05, 0) is 0 Å². The number of carbonyl (C=O) groups excluding carboxylic acids is 1. The van der Waals surface area contributed by atoms with Crippen LogP contribution in [-0.4, -0.2) is 23.5 Å². The van der Waals surface area contributed by atoms with E-state index in [1.807, 2.05) is 0 Å². The highest BCUT2D eigenvalue weighted by Crippen LogP contribution is 1.79. The van der Waals surface area contributed by atoms with E-state index in [9.17, 15) is 9.59 Å². The zero-order valence-corrected chi connectivity index (χ0v) is 5.96. The molecule has 2 N–H and O–H groups in total. The van der Waals surface area contributed by atoms with Crippen LogP contribution in [-0.2, 0) is 9.59 Å². The summed E-state index contributed by atoms with van der Waals surface area (Å²) >= 11 is 0. The molecule has 0 unspecified atom stereocenters. The third-order valence-corrected chi connectivity index (χ3v) is 0.903. The fourth-order valence-electron chi connectivity index (χ4n) is 0.474. The van der Waals surface area contributed by atoms with E-state index in [1.54, 1.807) is 0 Å². The van der Waals surface area contributed by atoms with Crippen molar-refractivity contribution >= 4 is 11.9 Å². The molecule has 0 saturated carbocycles. The SMILES string of the molecule is C#CCCNC(=O)CC(=O)O. The molecule has 1 amide bonds. The molecule has 0 fully saturated rings. The van der Waals surface area contributed by atoms with Gasteiger partial charge >= 0.3 is 5.97 Å². The second kappa shape index (κ2) is 5.30. The van der Waals surface area contributed by atoms with Crippen LogP contribution in [0.25, 0.3) is 0 Å². The van der Waals surface area contributed by atoms with E-state index in [-0.39, 0.29) is 0 Å². The smallest absolute Gasteiger partial charge is 0.312 e. The van der Waals surface area contributed by atoms with Crippen molar-refractivity contribution in [2.75, 3.05) is 6.54 Å². The van der Waals surface area contributed by atoms with E-state index in [4.69, 9.17) is 11.5 Å². The standard InChI is InChI=1S/C7H9NO3/c1-2-3-4-8-6(9)5-7(10)11/h1H,3-5H2,(H,8,9)(H,10,11). The summed E-state index contributed by atoms with van der Waals surface area (Å²) in [6.07, 6.45) is 4.82. The molecule has 0 aromatic rings. The van der Waals surface area contributed by atoms with Crippen LogP contribution in [0.1, 0.15) is 12.8 Å². The lowest BCUT2D eigenvalue weighted by molar-refractivity contribution is -0.140. The van der Waals surface area contributed by atoms with Crippen molar-refractivity contribution < 1.29 is 14.7 Å². The van der Waals surface area contributed by atoms with Gasteiger partial charge in [-0.1, -0.05) is 0 Å². The third kappa shape index (κ3) is 6.38. The molecule has 0 radical (unpaired) electrons. The summed E-state index contributed by atoms with van der Waals surface area (Å²) in [5.74, 6) is 0.672. The Morgan fingerprint density at radius 3 is 2.64 bits per heavy atom. The summed E-state index contributed by atoms with van der Waals surface area (Å²) in [7, 11) is 0. The second-order valence-corrected chi connectivity index (χ2v) is 1.87. The molecule has 4 nitrogen and oxygen atoms in total. The maximum Gasteiger partial charge on any atom is 0.312 e. The molecule has 0 aromatic carbocycles. The summed E-state index contributed by atoms with van der Waals surface area (Å²) in [6, 6.07) is 0.